The van der Waals surface area contributed by atoms with Crippen LogP contribution in [0, 0.1) is 5.21 Å². The van der Waals surface area contributed by atoms with Gasteiger partial charge in [-0.3, -0.25) is 4.74 Å². The van der Waals surface area contributed by atoms with Crippen molar-refractivity contribution in [1.29, 1.82) is 0 Å². The van der Waals surface area contributed by atoms with Gasteiger partial charge in [0.1, 0.15) is 11.1 Å². The second kappa shape index (κ2) is 2.61. The quantitative estimate of drug-likeness (QED) is 0.424. The summed E-state index contributed by atoms with van der Waals surface area (Å²) < 4.78 is 0.811. The third-order valence-electron chi connectivity index (χ3n) is 2.55. The Kier molecular flexibility index (Phi) is 2.07. The summed E-state index contributed by atoms with van der Waals surface area (Å²) in [6, 6.07) is 0. The zero-order chi connectivity index (χ0) is 10.4. The lowest BCUT2D eigenvalue weighted by Gasteiger charge is -2.42. The van der Waals surface area contributed by atoms with Gasteiger partial charge in [-0.2, -0.15) is 0 Å². The maximum atomic E-state index is 11.6. The summed E-state index contributed by atoms with van der Waals surface area (Å²) in [5, 5.41) is 24.0. The second-order valence-corrected chi connectivity index (χ2v) is 4.94. The summed E-state index contributed by atoms with van der Waals surface area (Å²) in [4.78, 5) is 0. The fourth-order valence-corrected chi connectivity index (χ4v) is 2.16. The maximum absolute atomic E-state index is 11.6. The lowest BCUT2D eigenvalue weighted by atomic mass is 9.85. The van der Waals surface area contributed by atoms with Gasteiger partial charge in [-0.25, -0.2) is 0 Å². The van der Waals surface area contributed by atoms with Crippen molar-refractivity contribution in [2.24, 2.45) is 0 Å². The van der Waals surface area contributed by atoms with E-state index in [1.54, 1.807) is 6.92 Å². The molecule has 1 heterocycles. The first-order valence-electron chi connectivity index (χ1n) is 4.47. The van der Waals surface area contributed by atoms with Crippen LogP contribution in [0.4, 0.5) is 0 Å². The van der Waals surface area contributed by atoms with E-state index in [0.29, 0.717) is 6.42 Å². The van der Waals surface area contributed by atoms with Crippen molar-refractivity contribution >= 4 is 5.84 Å². The molecular formula is C9H17N2O2. The van der Waals surface area contributed by atoms with Crippen LogP contribution in [-0.4, -0.2) is 26.7 Å². The molecule has 0 aliphatic carbocycles. The van der Waals surface area contributed by atoms with Gasteiger partial charge >= 0.3 is 0 Å². The molecule has 0 bridgehead atoms. The minimum Gasteiger partial charge on any atom is -0.715 e. The van der Waals surface area contributed by atoms with Gasteiger partial charge in [-0.15, -0.1) is 0 Å². The molecule has 1 aliphatic rings. The Hall–Kier alpha value is -0.770. The average molecular weight is 185 g/mol. The van der Waals surface area contributed by atoms with Gasteiger partial charge < -0.3 is 5.21 Å². The Morgan fingerprint density at radius 3 is 2.31 bits per heavy atom. The fourth-order valence-electron chi connectivity index (χ4n) is 2.16. The van der Waals surface area contributed by atoms with Crippen molar-refractivity contribution in [3.63, 3.8) is 0 Å². The molecule has 0 aromatic rings. The van der Waals surface area contributed by atoms with Gasteiger partial charge in [-0.1, -0.05) is 5.06 Å². The molecule has 0 saturated heterocycles. The highest BCUT2D eigenvalue weighted by Crippen LogP contribution is 2.31. The van der Waals surface area contributed by atoms with Crippen molar-refractivity contribution < 1.29 is 9.95 Å². The monoisotopic (exact) mass is 185 g/mol. The molecule has 0 atom stereocenters. The first-order valence-corrected chi connectivity index (χ1v) is 4.47. The van der Waals surface area contributed by atoms with Crippen molar-refractivity contribution in [1.82, 2.24) is 5.06 Å². The van der Waals surface area contributed by atoms with Crippen LogP contribution in [0.5, 0.6) is 0 Å². The Balaban J connectivity index is 3.17. The third kappa shape index (κ3) is 1.50. The number of nitrogens with zero attached hydrogens (tertiary/aromatic N) is 2. The van der Waals surface area contributed by atoms with Gasteiger partial charge in [-0.05, 0) is 27.7 Å². The van der Waals surface area contributed by atoms with E-state index < -0.39 is 11.1 Å². The van der Waals surface area contributed by atoms with E-state index in [9.17, 15) is 10.4 Å². The van der Waals surface area contributed by atoms with Crippen LogP contribution in [0.3, 0.4) is 0 Å². The van der Waals surface area contributed by atoms with Crippen LogP contribution < -0.4 is 0 Å². The minimum atomic E-state index is -0.478. The smallest absolute Gasteiger partial charge is 0.281 e. The Bertz CT molecular complexity index is 256. The molecule has 4 heteroatoms. The molecule has 13 heavy (non-hydrogen) atoms. The molecule has 4 nitrogen and oxygen atoms in total. The third-order valence-corrected chi connectivity index (χ3v) is 2.55. The molecule has 1 rings (SSSR count). The lowest BCUT2D eigenvalue weighted by molar-refractivity contribution is -0.567. The Morgan fingerprint density at radius 2 is 1.85 bits per heavy atom. The summed E-state index contributed by atoms with van der Waals surface area (Å²) in [7, 11) is 0. The predicted molar refractivity (Wildman–Crippen MR) is 49.6 cm³/mol. The molecule has 0 aromatic heterocycles. The lowest BCUT2D eigenvalue weighted by Crippen LogP contribution is -2.58. The van der Waals surface area contributed by atoms with E-state index in [1.807, 2.05) is 27.7 Å². The zero-order valence-corrected chi connectivity index (χ0v) is 8.92. The summed E-state index contributed by atoms with van der Waals surface area (Å²) in [5.74, 6) is 0.251. The van der Waals surface area contributed by atoms with Crippen molar-refractivity contribution in [3.05, 3.63) is 5.21 Å². The van der Waals surface area contributed by atoms with E-state index in [2.05, 4.69) is 0 Å². The number of hydrogen-bond donors (Lipinski definition) is 0. The molecular weight excluding hydrogens is 168 g/mol. The average Bonchev–Trinajstić information content (AvgIpc) is 1.96. The van der Waals surface area contributed by atoms with E-state index in [1.165, 1.54) is 0 Å². The van der Waals surface area contributed by atoms with Crippen molar-refractivity contribution in [2.75, 3.05) is 0 Å². The van der Waals surface area contributed by atoms with Gasteiger partial charge in [0.25, 0.3) is 5.84 Å². The van der Waals surface area contributed by atoms with Crippen LogP contribution in [0.15, 0.2) is 0 Å². The topological polar surface area (TPSA) is 49.2 Å². The van der Waals surface area contributed by atoms with Gasteiger partial charge in [0.2, 0.25) is 0 Å². The van der Waals surface area contributed by atoms with Gasteiger partial charge in [0, 0.05) is 18.6 Å². The normalized spacial score (nSPS) is 26.5. The highest BCUT2D eigenvalue weighted by Gasteiger charge is 2.47. The zero-order valence-electron chi connectivity index (χ0n) is 8.92. The first kappa shape index (κ1) is 10.3. The summed E-state index contributed by atoms with van der Waals surface area (Å²) in [6.07, 6.45) is 0.574. The standard InChI is InChI=1S/C9H17N2O2/c1-7-10(12)8(2,3)6-9(4,5)11(7)13/h6H2,1-5H3. The first-order chi connectivity index (χ1) is 5.68. The van der Waals surface area contributed by atoms with Gasteiger partial charge in [0.15, 0.2) is 0 Å². The van der Waals surface area contributed by atoms with E-state index in [0.717, 1.165) is 9.80 Å². The number of hydroxylamine groups is 3. The van der Waals surface area contributed by atoms with E-state index >= 15 is 0 Å². The van der Waals surface area contributed by atoms with Crippen LogP contribution in [0.2, 0.25) is 0 Å². The molecule has 1 aliphatic heterocycles. The Morgan fingerprint density at radius 1 is 1.38 bits per heavy atom. The summed E-state index contributed by atoms with van der Waals surface area (Å²) in [5.41, 5.74) is -0.955. The summed E-state index contributed by atoms with van der Waals surface area (Å²) >= 11 is 0. The molecule has 0 unspecified atom stereocenters. The number of hydrogen-bond acceptors (Lipinski definition) is 2. The second-order valence-electron chi connectivity index (χ2n) is 4.94. The molecule has 0 spiro atoms. The fraction of sp³-hybridized carbons (Fsp3) is 0.889. The molecule has 0 fully saturated rings. The van der Waals surface area contributed by atoms with Crippen molar-refractivity contribution in [3.8, 4) is 0 Å². The molecule has 75 valence electrons. The molecule has 0 aromatic carbocycles. The van der Waals surface area contributed by atoms with Gasteiger partial charge in [0.05, 0.1) is 0 Å². The maximum Gasteiger partial charge on any atom is 0.281 e. The van der Waals surface area contributed by atoms with E-state index in [4.69, 9.17) is 0 Å². The van der Waals surface area contributed by atoms with Crippen LogP contribution in [-0.2, 0) is 5.21 Å². The largest absolute Gasteiger partial charge is 0.715 e. The molecule has 0 saturated carbocycles. The van der Waals surface area contributed by atoms with Crippen molar-refractivity contribution in [2.45, 2.75) is 52.1 Å². The predicted octanol–water partition coefficient (Wildman–Crippen LogP) is 1.52. The number of amidine groups is 1. The van der Waals surface area contributed by atoms with Crippen LogP contribution in [0.1, 0.15) is 41.0 Å². The number of rotatable bonds is 0. The highest BCUT2D eigenvalue weighted by molar-refractivity contribution is 5.75. The highest BCUT2D eigenvalue weighted by atomic mass is 16.5. The molecule has 1 radical (unpaired) electrons. The molecule has 0 amide bonds. The summed E-state index contributed by atoms with van der Waals surface area (Å²) in [6.45, 7) is 9.01. The van der Waals surface area contributed by atoms with Crippen LogP contribution >= 0.6 is 0 Å². The van der Waals surface area contributed by atoms with E-state index in [-0.39, 0.29) is 5.84 Å². The Labute approximate surface area is 79.0 Å². The SMILES string of the molecule is CC1=[N+]([O-])C(C)(C)CC(C)(C)N1[O]. The molecule has 0 N–H and O–H groups in total. The minimum absolute atomic E-state index is 0.251. The van der Waals surface area contributed by atoms with Crippen LogP contribution in [0.25, 0.3) is 0 Å².